The van der Waals surface area contributed by atoms with Crippen LogP contribution in [0.25, 0.3) is 0 Å². The summed E-state index contributed by atoms with van der Waals surface area (Å²) in [4.78, 5) is 4.86. The van der Waals surface area contributed by atoms with Gasteiger partial charge in [-0.05, 0) is 44.0 Å². The third kappa shape index (κ3) is 5.57. The third-order valence-electron chi connectivity index (χ3n) is 5.27. The van der Waals surface area contributed by atoms with E-state index in [-0.39, 0.29) is 0 Å². The Kier molecular flexibility index (Phi) is 6.88. The van der Waals surface area contributed by atoms with Gasteiger partial charge in [-0.2, -0.15) is 5.10 Å². The van der Waals surface area contributed by atoms with Crippen molar-refractivity contribution >= 4 is 11.9 Å². The monoisotopic (exact) mass is 364 g/mol. The summed E-state index contributed by atoms with van der Waals surface area (Å²) in [5, 5.41) is 6.87. The van der Waals surface area contributed by atoms with E-state index in [1.54, 1.807) is 0 Å². The second-order valence-corrected chi connectivity index (χ2v) is 7.22. The standard InChI is InChI=1S/C23H32N4/c1-4-26(5-2)23-12-10-21(11-13-23)18-24-27-16-14-25(15-17-27)19-22-8-6-20(3)7-9-22/h6-13,18H,4-5,14-17,19H2,1-3H3/b24-18-. The van der Waals surface area contributed by atoms with E-state index in [4.69, 9.17) is 0 Å². The molecule has 0 saturated carbocycles. The molecule has 0 radical (unpaired) electrons. The molecule has 0 bridgehead atoms. The van der Waals surface area contributed by atoms with E-state index in [2.05, 4.69) is 89.2 Å². The lowest BCUT2D eigenvalue weighted by Crippen LogP contribution is -2.43. The zero-order chi connectivity index (χ0) is 19.1. The maximum absolute atomic E-state index is 4.69. The number of hydrazone groups is 1. The first-order valence-electron chi connectivity index (χ1n) is 10.1. The molecule has 144 valence electrons. The largest absolute Gasteiger partial charge is 0.372 e. The Labute approximate surface area is 164 Å². The number of anilines is 1. The number of piperazine rings is 1. The minimum atomic E-state index is 0.986. The van der Waals surface area contributed by atoms with Gasteiger partial charge in [0.25, 0.3) is 0 Å². The molecular weight excluding hydrogens is 332 g/mol. The van der Waals surface area contributed by atoms with E-state index >= 15 is 0 Å². The SMILES string of the molecule is CCN(CC)c1ccc(/C=N\N2CCN(Cc3ccc(C)cc3)CC2)cc1. The van der Waals surface area contributed by atoms with Gasteiger partial charge in [-0.1, -0.05) is 42.0 Å². The summed E-state index contributed by atoms with van der Waals surface area (Å²) in [6.45, 7) is 13.7. The molecule has 1 saturated heterocycles. The van der Waals surface area contributed by atoms with Crippen molar-refractivity contribution in [2.24, 2.45) is 5.10 Å². The van der Waals surface area contributed by atoms with Crippen molar-refractivity contribution in [3.63, 3.8) is 0 Å². The van der Waals surface area contributed by atoms with Gasteiger partial charge in [-0.15, -0.1) is 0 Å². The predicted octanol–water partition coefficient (Wildman–Crippen LogP) is 3.99. The number of nitrogens with zero attached hydrogens (tertiary/aromatic N) is 4. The van der Waals surface area contributed by atoms with E-state index in [1.165, 1.54) is 16.8 Å². The average Bonchev–Trinajstić information content (AvgIpc) is 2.71. The lowest BCUT2D eigenvalue weighted by atomic mass is 10.1. The molecule has 1 aliphatic heterocycles. The van der Waals surface area contributed by atoms with Crippen molar-refractivity contribution in [3.8, 4) is 0 Å². The van der Waals surface area contributed by atoms with Crippen LogP contribution in [0.5, 0.6) is 0 Å². The quantitative estimate of drug-likeness (QED) is 0.694. The number of aryl methyl sites for hydroxylation is 1. The summed E-state index contributed by atoms with van der Waals surface area (Å²) < 4.78 is 0. The number of hydrogen-bond donors (Lipinski definition) is 0. The van der Waals surface area contributed by atoms with Gasteiger partial charge in [0.05, 0.1) is 6.21 Å². The lowest BCUT2D eigenvalue weighted by molar-refractivity contribution is 0.131. The van der Waals surface area contributed by atoms with Crippen LogP contribution in [0, 0.1) is 6.92 Å². The first-order valence-corrected chi connectivity index (χ1v) is 10.1. The highest BCUT2D eigenvalue weighted by molar-refractivity contribution is 5.80. The third-order valence-corrected chi connectivity index (χ3v) is 5.27. The van der Waals surface area contributed by atoms with Crippen LogP contribution in [0.15, 0.2) is 53.6 Å². The summed E-state index contributed by atoms with van der Waals surface area (Å²) in [5.41, 5.74) is 5.16. The van der Waals surface area contributed by atoms with Crippen molar-refractivity contribution in [3.05, 3.63) is 65.2 Å². The molecule has 1 aliphatic rings. The molecule has 0 aliphatic carbocycles. The van der Waals surface area contributed by atoms with Crippen LogP contribution in [-0.4, -0.2) is 55.4 Å². The molecule has 0 amide bonds. The smallest absolute Gasteiger partial charge is 0.0542 e. The van der Waals surface area contributed by atoms with Crippen LogP contribution < -0.4 is 4.90 Å². The normalized spacial score (nSPS) is 15.4. The minimum absolute atomic E-state index is 0.986. The van der Waals surface area contributed by atoms with Gasteiger partial charge >= 0.3 is 0 Å². The summed E-state index contributed by atoms with van der Waals surface area (Å²) in [5.74, 6) is 0. The molecule has 27 heavy (non-hydrogen) atoms. The summed E-state index contributed by atoms with van der Waals surface area (Å²) in [6.07, 6.45) is 1.99. The minimum Gasteiger partial charge on any atom is -0.372 e. The van der Waals surface area contributed by atoms with Crippen LogP contribution >= 0.6 is 0 Å². The van der Waals surface area contributed by atoms with Gasteiger partial charge in [0, 0.05) is 51.5 Å². The Morgan fingerprint density at radius 3 is 2.11 bits per heavy atom. The second-order valence-electron chi connectivity index (χ2n) is 7.22. The summed E-state index contributed by atoms with van der Waals surface area (Å²) in [6, 6.07) is 17.6. The zero-order valence-electron chi connectivity index (χ0n) is 16.9. The highest BCUT2D eigenvalue weighted by atomic mass is 15.5. The van der Waals surface area contributed by atoms with Crippen LogP contribution in [0.3, 0.4) is 0 Å². The molecule has 1 fully saturated rings. The molecule has 4 nitrogen and oxygen atoms in total. The molecule has 0 unspecified atom stereocenters. The molecule has 0 N–H and O–H groups in total. The number of rotatable bonds is 7. The highest BCUT2D eigenvalue weighted by Gasteiger charge is 2.15. The summed E-state index contributed by atoms with van der Waals surface area (Å²) >= 11 is 0. The van der Waals surface area contributed by atoms with Crippen LogP contribution in [0.1, 0.15) is 30.5 Å². The van der Waals surface area contributed by atoms with E-state index in [0.717, 1.165) is 51.4 Å². The predicted molar refractivity (Wildman–Crippen MR) is 116 cm³/mol. The van der Waals surface area contributed by atoms with Gasteiger partial charge < -0.3 is 4.90 Å². The van der Waals surface area contributed by atoms with E-state index in [0.29, 0.717) is 0 Å². The molecular formula is C23H32N4. The fourth-order valence-corrected chi connectivity index (χ4v) is 3.47. The van der Waals surface area contributed by atoms with Crippen LogP contribution in [0.4, 0.5) is 5.69 Å². The molecule has 0 spiro atoms. The number of hydrogen-bond acceptors (Lipinski definition) is 4. The average molecular weight is 365 g/mol. The van der Waals surface area contributed by atoms with Gasteiger partial charge in [-0.25, -0.2) is 0 Å². The first-order chi connectivity index (χ1) is 13.2. The van der Waals surface area contributed by atoms with Crippen molar-refractivity contribution in [2.45, 2.75) is 27.3 Å². The van der Waals surface area contributed by atoms with E-state index < -0.39 is 0 Å². The van der Waals surface area contributed by atoms with Crippen molar-refractivity contribution in [1.29, 1.82) is 0 Å². The molecule has 2 aromatic carbocycles. The molecule has 2 aromatic rings. The molecule has 4 heteroatoms. The fourth-order valence-electron chi connectivity index (χ4n) is 3.47. The number of benzene rings is 2. The Morgan fingerprint density at radius 2 is 1.52 bits per heavy atom. The van der Waals surface area contributed by atoms with Crippen LogP contribution in [-0.2, 0) is 6.54 Å². The van der Waals surface area contributed by atoms with E-state index in [9.17, 15) is 0 Å². The first kappa shape index (κ1) is 19.4. The zero-order valence-corrected chi connectivity index (χ0v) is 16.9. The fraction of sp³-hybridized carbons (Fsp3) is 0.435. The van der Waals surface area contributed by atoms with Crippen molar-refractivity contribution < 1.29 is 0 Å². The Balaban J connectivity index is 1.47. The Bertz CT molecular complexity index is 709. The maximum atomic E-state index is 4.69. The van der Waals surface area contributed by atoms with Crippen LogP contribution in [0.2, 0.25) is 0 Å². The van der Waals surface area contributed by atoms with E-state index in [1.807, 2.05) is 6.21 Å². The Hall–Kier alpha value is -2.33. The maximum Gasteiger partial charge on any atom is 0.0542 e. The molecule has 1 heterocycles. The van der Waals surface area contributed by atoms with Gasteiger partial charge in [0.1, 0.15) is 0 Å². The van der Waals surface area contributed by atoms with Gasteiger partial charge in [0.2, 0.25) is 0 Å². The molecule has 0 aromatic heterocycles. The molecule has 0 atom stereocenters. The molecule has 3 rings (SSSR count). The van der Waals surface area contributed by atoms with Crippen molar-refractivity contribution in [2.75, 3.05) is 44.2 Å². The summed E-state index contributed by atoms with van der Waals surface area (Å²) in [7, 11) is 0. The van der Waals surface area contributed by atoms with Gasteiger partial charge in [-0.3, -0.25) is 9.91 Å². The van der Waals surface area contributed by atoms with Crippen molar-refractivity contribution in [1.82, 2.24) is 9.91 Å². The second kappa shape index (κ2) is 9.56. The highest BCUT2D eigenvalue weighted by Crippen LogP contribution is 2.14. The topological polar surface area (TPSA) is 22.1 Å². The lowest BCUT2D eigenvalue weighted by Gasteiger charge is -2.33. The Morgan fingerprint density at radius 1 is 0.889 bits per heavy atom. The van der Waals surface area contributed by atoms with Gasteiger partial charge in [0.15, 0.2) is 0 Å².